The van der Waals surface area contributed by atoms with Crippen molar-refractivity contribution in [3.05, 3.63) is 42.3 Å². The van der Waals surface area contributed by atoms with Crippen molar-refractivity contribution >= 4 is 0 Å². The smallest absolute Gasteiger partial charge is 0.0720 e. The Hall–Kier alpha value is -0.820. The summed E-state index contributed by atoms with van der Waals surface area (Å²) in [6, 6.07) is 10.3. The summed E-state index contributed by atoms with van der Waals surface area (Å²) < 4.78 is 5.61. The third-order valence-electron chi connectivity index (χ3n) is 2.19. The van der Waals surface area contributed by atoms with Gasteiger partial charge in [-0.2, -0.15) is 0 Å². The summed E-state index contributed by atoms with van der Waals surface area (Å²) >= 11 is 0. The van der Waals surface area contributed by atoms with Gasteiger partial charge in [0.1, 0.15) is 0 Å². The number of hydrogen-bond donors (Lipinski definition) is 0. The van der Waals surface area contributed by atoms with Crippen molar-refractivity contribution in [3.8, 4) is 0 Å². The third-order valence-corrected chi connectivity index (χ3v) is 2.19. The highest BCUT2D eigenvalue weighted by atomic mass is 16.5. The Morgan fingerprint density at radius 2 is 2.00 bits per heavy atom. The van der Waals surface area contributed by atoms with Gasteiger partial charge in [-0.25, -0.2) is 0 Å². The van der Waals surface area contributed by atoms with Crippen molar-refractivity contribution in [1.29, 1.82) is 0 Å². The molecule has 1 atom stereocenters. The summed E-state index contributed by atoms with van der Waals surface area (Å²) in [7, 11) is 0. The van der Waals surface area contributed by atoms with E-state index in [1.54, 1.807) is 0 Å². The third kappa shape index (κ3) is 1.86. The first-order chi connectivity index (χ1) is 5.95. The molecule has 1 nitrogen and oxygen atoms in total. The summed E-state index contributed by atoms with van der Waals surface area (Å²) in [6.45, 7) is 0.752. The Kier molecular flexibility index (Phi) is 2.42. The number of benzene rings is 1. The average molecular weight is 161 g/mol. The van der Waals surface area contributed by atoms with Crippen LogP contribution in [-0.4, -0.2) is 6.10 Å². The molecule has 0 heterocycles. The Balaban J connectivity index is 1.79. The molecular weight excluding hydrogens is 148 g/mol. The van der Waals surface area contributed by atoms with Gasteiger partial charge < -0.3 is 4.74 Å². The van der Waals surface area contributed by atoms with Gasteiger partial charge in [0.25, 0.3) is 0 Å². The van der Waals surface area contributed by atoms with Crippen LogP contribution in [0.3, 0.4) is 0 Å². The second kappa shape index (κ2) is 3.72. The number of hydrogen-bond acceptors (Lipinski definition) is 1. The topological polar surface area (TPSA) is 9.23 Å². The van der Waals surface area contributed by atoms with Crippen LogP contribution in [0.15, 0.2) is 30.3 Å². The highest BCUT2D eigenvalue weighted by Crippen LogP contribution is 2.21. The van der Waals surface area contributed by atoms with E-state index < -0.39 is 0 Å². The van der Waals surface area contributed by atoms with Gasteiger partial charge in [0.05, 0.1) is 12.7 Å². The van der Waals surface area contributed by atoms with Crippen molar-refractivity contribution < 1.29 is 4.74 Å². The molecule has 2 rings (SSSR count). The molecule has 1 aromatic rings. The zero-order valence-electron chi connectivity index (χ0n) is 7.07. The maximum Gasteiger partial charge on any atom is 0.0720 e. The van der Waals surface area contributed by atoms with Crippen molar-refractivity contribution in [3.63, 3.8) is 0 Å². The van der Waals surface area contributed by atoms with E-state index in [9.17, 15) is 0 Å². The fourth-order valence-corrected chi connectivity index (χ4v) is 1.23. The molecule has 1 aromatic carbocycles. The van der Waals surface area contributed by atoms with Crippen LogP contribution in [0.1, 0.15) is 18.4 Å². The Labute approximate surface area is 73.4 Å². The average Bonchev–Trinajstić information content (AvgIpc) is 2.04. The van der Waals surface area contributed by atoms with E-state index >= 15 is 0 Å². The fourth-order valence-electron chi connectivity index (χ4n) is 1.23. The zero-order chi connectivity index (χ0) is 8.23. The van der Waals surface area contributed by atoms with Gasteiger partial charge in [-0.15, -0.1) is 0 Å². The minimum Gasteiger partial charge on any atom is -0.373 e. The Bertz CT molecular complexity index is 226. The molecule has 1 heteroatoms. The molecule has 0 aromatic heterocycles. The first-order valence-corrected chi connectivity index (χ1v) is 4.44. The molecule has 1 fully saturated rings. The first-order valence-electron chi connectivity index (χ1n) is 4.44. The van der Waals surface area contributed by atoms with Gasteiger partial charge in [0.2, 0.25) is 0 Å². The summed E-state index contributed by atoms with van der Waals surface area (Å²) in [6.07, 6.45) is 5.07. The lowest BCUT2D eigenvalue weighted by Gasteiger charge is -2.25. The predicted octanol–water partition coefficient (Wildman–Crippen LogP) is 2.57. The first kappa shape index (κ1) is 7.81. The highest BCUT2D eigenvalue weighted by Gasteiger charge is 2.17. The van der Waals surface area contributed by atoms with Crippen LogP contribution in [0.25, 0.3) is 0 Å². The van der Waals surface area contributed by atoms with E-state index in [-0.39, 0.29) is 0 Å². The monoisotopic (exact) mass is 161 g/mol. The van der Waals surface area contributed by atoms with E-state index in [0.29, 0.717) is 6.10 Å². The number of rotatable bonds is 3. The molecule has 0 spiro atoms. The molecular formula is C11H13O. The quantitative estimate of drug-likeness (QED) is 0.662. The molecule has 0 amide bonds. The molecule has 0 N–H and O–H groups in total. The van der Waals surface area contributed by atoms with E-state index in [2.05, 4.69) is 18.6 Å². The van der Waals surface area contributed by atoms with Gasteiger partial charge in [-0.05, 0) is 24.8 Å². The fraction of sp³-hybridized carbons (Fsp3) is 0.364. The van der Waals surface area contributed by atoms with Crippen LogP contribution in [0.2, 0.25) is 0 Å². The molecule has 1 aliphatic carbocycles. The largest absolute Gasteiger partial charge is 0.373 e. The van der Waals surface area contributed by atoms with Crippen LogP contribution in [0.4, 0.5) is 0 Å². The SMILES string of the molecule is [CH]1CC[C@@H]1OCc1ccccc1. The van der Waals surface area contributed by atoms with Crippen molar-refractivity contribution in [2.75, 3.05) is 0 Å². The van der Waals surface area contributed by atoms with Crippen LogP contribution in [0.5, 0.6) is 0 Å². The second-order valence-corrected chi connectivity index (χ2v) is 3.15. The summed E-state index contributed by atoms with van der Waals surface area (Å²) in [5.74, 6) is 0. The lowest BCUT2D eigenvalue weighted by Crippen LogP contribution is -2.22. The molecule has 0 unspecified atom stereocenters. The number of ether oxygens (including phenoxy) is 1. The van der Waals surface area contributed by atoms with Crippen molar-refractivity contribution in [2.24, 2.45) is 0 Å². The van der Waals surface area contributed by atoms with Gasteiger partial charge >= 0.3 is 0 Å². The molecule has 0 saturated heterocycles. The van der Waals surface area contributed by atoms with Gasteiger partial charge in [-0.3, -0.25) is 0 Å². The van der Waals surface area contributed by atoms with E-state index in [1.165, 1.54) is 18.4 Å². The Morgan fingerprint density at radius 3 is 2.58 bits per heavy atom. The van der Waals surface area contributed by atoms with Gasteiger partial charge in [0, 0.05) is 0 Å². The highest BCUT2D eigenvalue weighted by molar-refractivity contribution is 5.13. The summed E-state index contributed by atoms with van der Waals surface area (Å²) in [5.41, 5.74) is 1.26. The molecule has 0 bridgehead atoms. The molecule has 1 radical (unpaired) electrons. The zero-order valence-corrected chi connectivity index (χ0v) is 7.07. The lowest BCUT2D eigenvalue weighted by atomic mass is 9.96. The minimum absolute atomic E-state index is 0.421. The predicted molar refractivity (Wildman–Crippen MR) is 48.6 cm³/mol. The molecule has 0 aliphatic heterocycles. The maximum atomic E-state index is 5.61. The van der Waals surface area contributed by atoms with Crippen molar-refractivity contribution in [1.82, 2.24) is 0 Å². The second-order valence-electron chi connectivity index (χ2n) is 3.15. The maximum absolute atomic E-state index is 5.61. The summed E-state index contributed by atoms with van der Waals surface area (Å²) in [5, 5.41) is 0. The molecule has 63 valence electrons. The van der Waals surface area contributed by atoms with Crippen LogP contribution < -0.4 is 0 Å². The van der Waals surface area contributed by atoms with Gasteiger partial charge in [-0.1, -0.05) is 30.3 Å². The van der Waals surface area contributed by atoms with Gasteiger partial charge in [0.15, 0.2) is 0 Å². The molecule has 1 aliphatic rings. The normalized spacial score (nSPS) is 17.3. The standard InChI is InChI=1S/C11H13O/c1-2-5-10(6-3-1)9-12-11-7-4-8-11/h1-3,5-7,11H,4,8-9H2/t11-/m1/s1. The van der Waals surface area contributed by atoms with Crippen LogP contribution in [-0.2, 0) is 11.3 Å². The molecule has 1 saturated carbocycles. The van der Waals surface area contributed by atoms with E-state index in [1.807, 2.05) is 18.2 Å². The van der Waals surface area contributed by atoms with E-state index in [4.69, 9.17) is 4.74 Å². The molecule has 12 heavy (non-hydrogen) atoms. The van der Waals surface area contributed by atoms with Crippen LogP contribution in [0, 0.1) is 6.42 Å². The van der Waals surface area contributed by atoms with Crippen molar-refractivity contribution in [2.45, 2.75) is 25.6 Å². The lowest BCUT2D eigenvalue weighted by molar-refractivity contribution is 0.0282. The van der Waals surface area contributed by atoms with Crippen LogP contribution >= 0.6 is 0 Å². The van der Waals surface area contributed by atoms with E-state index in [0.717, 1.165) is 6.61 Å². The minimum atomic E-state index is 0.421. The Morgan fingerprint density at radius 1 is 1.25 bits per heavy atom. The summed E-state index contributed by atoms with van der Waals surface area (Å²) in [4.78, 5) is 0.